The quantitative estimate of drug-likeness (QED) is 0.602. The maximum atomic E-state index is 13.7. The van der Waals surface area contributed by atoms with Crippen molar-refractivity contribution in [3.05, 3.63) is 93.7 Å². The second kappa shape index (κ2) is 7.13. The highest BCUT2D eigenvalue weighted by Crippen LogP contribution is 2.57. The largest absolute Gasteiger partial charge is 0.325 e. The van der Waals surface area contributed by atoms with Crippen LogP contribution in [0.2, 0.25) is 10.0 Å². The third-order valence-electron chi connectivity index (χ3n) is 6.11. The summed E-state index contributed by atoms with van der Waals surface area (Å²) in [5, 5.41) is 7.97. The van der Waals surface area contributed by atoms with Crippen LogP contribution in [0.5, 0.6) is 0 Å². The number of carbonyl (C=O) groups is 1. The molecule has 5 rings (SSSR count). The summed E-state index contributed by atoms with van der Waals surface area (Å²) in [6.07, 6.45) is 4.39. The molecule has 2 N–H and O–H groups in total. The molecule has 3 atom stereocenters. The summed E-state index contributed by atoms with van der Waals surface area (Å²) >= 11 is 12.6. The van der Waals surface area contributed by atoms with Crippen molar-refractivity contribution >= 4 is 34.8 Å². The molecule has 1 spiro atoms. The molecule has 3 aromatic rings. The molecule has 3 heterocycles. The van der Waals surface area contributed by atoms with E-state index in [0.29, 0.717) is 10.0 Å². The Hall–Kier alpha value is -2.40. The van der Waals surface area contributed by atoms with E-state index in [9.17, 15) is 4.79 Å². The zero-order valence-electron chi connectivity index (χ0n) is 15.5. The van der Waals surface area contributed by atoms with E-state index in [1.807, 2.05) is 54.7 Å². The molecule has 1 fully saturated rings. The Balaban J connectivity index is 1.78. The number of pyridine rings is 1. The fourth-order valence-electron chi connectivity index (χ4n) is 5.00. The lowest BCUT2D eigenvalue weighted by atomic mass is 9.59. The summed E-state index contributed by atoms with van der Waals surface area (Å²) < 4.78 is 0. The van der Waals surface area contributed by atoms with Crippen molar-refractivity contribution in [2.24, 2.45) is 0 Å². The number of hydrogen-bond acceptors (Lipinski definition) is 3. The van der Waals surface area contributed by atoms with Gasteiger partial charge in [0.25, 0.3) is 0 Å². The number of piperidine rings is 1. The molecule has 4 nitrogen and oxygen atoms in total. The molecule has 1 aromatic heterocycles. The minimum atomic E-state index is -0.827. The van der Waals surface area contributed by atoms with Crippen LogP contribution in [0, 0.1) is 0 Å². The van der Waals surface area contributed by atoms with E-state index in [0.717, 1.165) is 35.3 Å². The van der Waals surface area contributed by atoms with Crippen molar-refractivity contribution in [2.45, 2.75) is 23.8 Å². The monoisotopic (exact) mass is 423 g/mol. The highest BCUT2D eigenvalue weighted by atomic mass is 35.5. The van der Waals surface area contributed by atoms with Crippen LogP contribution >= 0.6 is 23.2 Å². The Bertz CT molecular complexity index is 1090. The Morgan fingerprint density at radius 3 is 2.62 bits per heavy atom. The van der Waals surface area contributed by atoms with Gasteiger partial charge >= 0.3 is 0 Å². The van der Waals surface area contributed by atoms with Crippen molar-refractivity contribution in [2.75, 3.05) is 11.9 Å². The van der Waals surface area contributed by atoms with Gasteiger partial charge in [-0.25, -0.2) is 0 Å². The number of nitrogens with one attached hydrogen (secondary N) is 2. The van der Waals surface area contributed by atoms with Crippen molar-refractivity contribution in [1.82, 2.24) is 10.3 Å². The van der Waals surface area contributed by atoms with E-state index in [1.54, 1.807) is 6.20 Å². The van der Waals surface area contributed by atoms with E-state index in [4.69, 9.17) is 23.2 Å². The molecule has 2 aliphatic heterocycles. The number of benzene rings is 2. The van der Waals surface area contributed by atoms with Gasteiger partial charge < -0.3 is 10.6 Å². The summed E-state index contributed by atoms with van der Waals surface area (Å²) in [4.78, 5) is 18.0. The minimum absolute atomic E-state index is 0.0270. The van der Waals surface area contributed by atoms with Crippen LogP contribution in [-0.4, -0.2) is 17.4 Å². The van der Waals surface area contributed by atoms with Gasteiger partial charge in [0.15, 0.2) is 0 Å². The van der Waals surface area contributed by atoms with E-state index < -0.39 is 5.41 Å². The number of amides is 1. The molecule has 29 heavy (non-hydrogen) atoms. The summed E-state index contributed by atoms with van der Waals surface area (Å²) in [6.45, 7) is 0.786. The predicted molar refractivity (Wildman–Crippen MR) is 116 cm³/mol. The molecule has 146 valence electrons. The number of anilines is 1. The molecule has 1 amide bonds. The van der Waals surface area contributed by atoms with Crippen molar-refractivity contribution in [1.29, 1.82) is 0 Å². The fraction of sp³-hybridized carbons (Fsp3) is 0.217. The Labute approximate surface area is 179 Å². The molecule has 0 radical (unpaired) electrons. The van der Waals surface area contributed by atoms with Gasteiger partial charge in [0.1, 0.15) is 5.41 Å². The van der Waals surface area contributed by atoms with E-state index in [-0.39, 0.29) is 17.9 Å². The van der Waals surface area contributed by atoms with Crippen LogP contribution in [0.4, 0.5) is 5.69 Å². The molecule has 6 heteroatoms. The van der Waals surface area contributed by atoms with E-state index in [1.165, 1.54) is 0 Å². The van der Waals surface area contributed by atoms with Gasteiger partial charge in [-0.3, -0.25) is 9.78 Å². The smallest absolute Gasteiger partial charge is 0.237 e. The molecular weight excluding hydrogens is 405 g/mol. The topological polar surface area (TPSA) is 54.0 Å². The zero-order chi connectivity index (χ0) is 20.0. The fourth-order valence-corrected chi connectivity index (χ4v) is 5.37. The minimum Gasteiger partial charge on any atom is -0.325 e. The Morgan fingerprint density at radius 1 is 1.00 bits per heavy atom. The average molecular weight is 424 g/mol. The molecule has 1 saturated heterocycles. The first-order valence-electron chi connectivity index (χ1n) is 9.61. The molecule has 2 aliphatic rings. The van der Waals surface area contributed by atoms with Crippen LogP contribution in [0.25, 0.3) is 0 Å². The van der Waals surface area contributed by atoms with E-state index >= 15 is 0 Å². The number of halogens is 2. The van der Waals surface area contributed by atoms with Crippen molar-refractivity contribution < 1.29 is 4.79 Å². The summed E-state index contributed by atoms with van der Waals surface area (Å²) in [7, 11) is 0. The molecule has 0 bridgehead atoms. The highest BCUT2D eigenvalue weighted by molar-refractivity contribution is 6.31. The lowest BCUT2D eigenvalue weighted by Gasteiger charge is -2.47. The summed E-state index contributed by atoms with van der Waals surface area (Å²) in [5.74, 6) is -0.0733. The lowest BCUT2D eigenvalue weighted by Crippen LogP contribution is -2.55. The molecule has 0 aliphatic carbocycles. The third-order valence-corrected chi connectivity index (χ3v) is 6.58. The molecule has 2 aromatic carbocycles. The second-order valence-electron chi connectivity index (χ2n) is 7.58. The number of rotatable bonds is 2. The zero-order valence-corrected chi connectivity index (χ0v) is 17.0. The molecule has 0 unspecified atom stereocenters. The molecule has 0 saturated carbocycles. The SMILES string of the molecule is O=C1Nc2cc(Cl)ccc2[C@]12[C@@H](c1cccnc1)NCC[C@H]2c1cccc(Cl)c1. The lowest BCUT2D eigenvalue weighted by molar-refractivity contribution is -0.123. The van der Waals surface area contributed by atoms with Gasteiger partial charge in [0, 0.05) is 34.0 Å². The third kappa shape index (κ3) is 2.86. The number of hydrogen-bond donors (Lipinski definition) is 2. The average Bonchev–Trinajstić information content (AvgIpc) is 3.00. The van der Waals surface area contributed by atoms with E-state index in [2.05, 4.69) is 21.7 Å². The summed E-state index contributed by atoms with van der Waals surface area (Å²) in [5.41, 5.74) is 2.94. The Kier molecular flexibility index (Phi) is 4.58. The first kappa shape index (κ1) is 18.6. The number of aromatic nitrogens is 1. The van der Waals surface area contributed by atoms with Crippen molar-refractivity contribution in [3.63, 3.8) is 0 Å². The van der Waals surface area contributed by atoms with Gasteiger partial charge in [0.05, 0.1) is 6.04 Å². The van der Waals surface area contributed by atoms with Gasteiger partial charge in [0.2, 0.25) is 5.91 Å². The first-order valence-corrected chi connectivity index (χ1v) is 10.4. The summed E-state index contributed by atoms with van der Waals surface area (Å²) in [6, 6.07) is 17.2. The number of carbonyl (C=O) groups excluding carboxylic acids is 1. The standard InChI is InChI=1S/C23H19Cl2N3O/c24-16-5-1-3-14(11-16)18-8-10-27-21(15-4-2-9-26-13-15)23(18)19-7-6-17(25)12-20(19)28-22(23)29/h1-7,9,11-13,18,21,27H,8,10H2,(H,28,29)/t18-,21+,23+/m0/s1. The second-order valence-corrected chi connectivity index (χ2v) is 8.46. The normalized spacial score (nSPS) is 25.7. The van der Waals surface area contributed by atoms with Crippen LogP contribution in [0.15, 0.2) is 67.0 Å². The maximum absolute atomic E-state index is 13.7. The number of fused-ring (bicyclic) bond motifs is 2. The van der Waals surface area contributed by atoms with Crippen LogP contribution < -0.4 is 10.6 Å². The van der Waals surface area contributed by atoms with Gasteiger partial charge in [-0.15, -0.1) is 0 Å². The highest BCUT2D eigenvalue weighted by Gasteiger charge is 2.59. The van der Waals surface area contributed by atoms with Crippen LogP contribution in [0.1, 0.15) is 35.1 Å². The first-order chi connectivity index (χ1) is 14.1. The van der Waals surface area contributed by atoms with Gasteiger partial charge in [-0.05, 0) is 60.0 Å². The van der Waals surface area contributed by atoms with Gasteiger partial charge in [-0.2, -0.15) is 0 Å². The van der Waals surface area contributed by atoms with Crippen LogP contribution in [0.3, 0.4) is 0 Å². The van der Waals surface area contributed by atoms with Crippen molar-refractivity contribution in [3.8, 4) is 0 Å². The van der Waals surface area contributed by atoms with Gasteiger partial charge in [-0.1, -0.05) is 47.5 Å². The Morgan fingerprint density at radius 2 is 1.83 bits per heavy atom. The molecular formula is C23H19Cl2N3O. The predicted octanol–water partition coefficient (Wildman–Crippen LogP) is 5.10. The van der Waals surface area contributed by atoms with Crippen LogP contribution in [-0.2, 0) is 10.2 Å². The number of nitrogens with zero attached hydrogens (tertiary/aromatic N) is 1. The maximum Gasteiger partial charge on any atom is 0.237 e.